The summed E-state index contributed by atoms with van der Waals surface area (Å²) in [7, 11) is 0. The molecule has 0 atom stereocenters. The van der Waals surface area contributed by atoms with Gasteiger partial charge in [-0.3, -0.25) is 0 Å². The molecule has 4 heteroatoms. The van der Waals surface area contributed by atoms with E-state index in [1.54, 1.807) is 12.3 Å². The minimum absolute atomic E-state index is 0.0436. The Morgan fingerprint density at radius 2 is 2.23 bits per heavy atom. The summed E-state index contributed by atoms with van der Waals surface area (Å²) in [5.74, 6) is -0.307. The minimum Gasteiger partial charge on any atom is -0.392 e. The summed E-state index contributed by atoms with van der Waals surface area (Å²) < 4.78 is 13.4. The molecule has 2 N–H and O–H groups in total. The fourth-order valence-electron chi connectivity index (χ4n) is 1.33. The Labute approximate surface area is 82.5 Å². The number of hydrogen-bond donors (Lipinski definition) is 2. The van der Waals surface area contributed by atoms with E-state index in [0.29, 0.717) is 9.99 Å². The monoisotopic (exact) mass is 243 g/mol. The summed E-state index contributed by atoms with van der Waals surface area (Å²) in [6.45, 7) is -0.0436. The van der Waals surface area contributed by atoms with Crippen molar-refractivity contribution in [1.29, 1.82) is 0 Å². The van der Waals surface area contributed by atoms with Crippen molar-refractivity contribution in [2.75, 3.05) is 0 Å². The standard InChI is InChI=1S/C9H7BrFNO/c10-8-7(11)2-1-6-5(4-13)3-12-9(6)8/h1-3,12-13H,4H2. The lowest BCUT2D eigenvalue weighted by atomic mass is 10.2. The van der Waals surface area contributed by atoms with Gasteiger partial charge in [0.2, 0.25) is 0 Å². The molecule has 0 aliphatic heterocycles. The maximum atomic E-state index is 13.0. The van der Waals surface area contributed by atoms with Crippen LogP contribution < -0.4 is 0 Å². The summed E-state index contributed by atoms with van der Waals surface area (Å²) in [6.07, 6.45) is 1.68. The van der Waals surface area contributed by atoms with Crippen molar-refractivity contribution in [2.45, 2.75) is 6.61 Å². The predicted molar refractivity (Wildman–Crippen MR) is 51.9 cm³/mol. The van der Waals surface area contributed by atoms with Gasteiger partial charge in [-0.05, 0) is 28.1 Å². The molecule has 1 heterocycles. The molecule has 0 amide bonds. The van der Waals surface area contributed by atoms with Gasteiger partial charge < -0.3 is 10.1 Å². The van der Waals surface area contributed by atoms with Crippen molar-refractivity contribution in [1.82, 2.24) is 4.98 Å². The average Bonchev–Trinajstić information content (AvgIpc) is 2.55. The van der Waals surface area contributed by atoms with E-state index in [0.717, 1.165) is 10.9 Å². The number of hydrogen-bond acceptors (Lipinski definition) is 1. The van der Waals surface area contributed by atoms with Crippen molar-refractivity contribution in [3.05, 3.63) is 34.2 Å². The van der Waals surface area contributed by atoms with E-state index >= 15 is 0 Å². The third kappa shape index (κ3) is 1.26. The van der Waals surface area contributed by atoms with Crippen LogP contribution in [0.1, 0.15) is 5.56 Å². The highest BCUT2D eigenvalue weighted by molar-refractivity contribution is 9.10. The van der Waals surface area contributed by atoms with Crippen LogP contribution >= 0.6 is 15.9 Å². The molecule has 68 valence electrons. The first-order chi connectivity index (χ1) is 6.24. The van der Waals surface area contributed by atoms with Crippen LogP contribution in [0.25, 0.3) is 10.9 Å². The fraction of sp³-hybridized carbons (Fsp3) is 0.111. The molecule has 2 aromatic rings. The highest BCUT2D eigenvalue weighted by Crippen LogP contribution is 2.27. The highest BCUT2D eigenvalue weighted by atomic mass is 79.9. The maximum Gasteiger partial charge on any atom is 0.139 e. The average molecular weight is 244 g/mol. The van der Waals surface area contributed by atoms with Gasteiger partial charge in [0.25, 0.3) is 0 Å². The summed E-state index contributed by atoms with van der Waals surface area (Å²) in [6, 6.07) is 3.02. The number of nitrogens with one attached hydrogen (secondary N) is 1. The molecule has 0 saturated heterocycles. The lowest BCUT2D eigenvalue weighted by Gasteiger charge is -1.97. The molecule has 0 spiro atoms. The second-order valence-electron chi connectivity index (χ2n) is 2.76. The first kappa shape index (κ1) is 8.72. The number of rotatable bonds is 1. The highest BCUT2D eigenvalue weighted by Gasteiger charge is 2.08. The van der Waals surface area contributed by atoms with Crippen LogP contribution in [0.2, 0.25) is 0 Å². The van der Waals surface area contributed by atoms with Crippen molar-refractivity contribution in [3.8, 4) is 0 Å². The van der Waals surface area contributed by atoms with Crippen molar-refractivity contribution in [2.24, 2.45) is 0 Å². The zero-order valence-electron chi connectivity index (χ0n) is 6.64. The van der Waals surface area contributed by atoms with Crippen LogP contribution in [-0.4, -0.2) is 10.1 Å². The minimum atomic E-state index is -0.307. The SMILES string of the molecule is OCc1c[nH]c2c(Br)c(F)ccc12. The Morgan fingerprint density at radius 3 is 2.92 bits per heavy atom. The Bertz CT molecular complexity index is 452. The first-order valence-corrected chi connectivity index (χ1v) is 4.58. The zero-order valence-corrected chi connectivity index (χ0v) is 8.23. The number of aromatic nitrogens is 1. The molecular weight excluding hydrogens is 237 g/mol. The van der Waals surface area contributed by atoms with Gasteiger partial charge in [-0.1, -0.05) is 0 Å². The van der Waals surface area contributed by atoms with Gasteiger partial charge in [0.1, 0.15) is 5.82 Å². The zero-order chi connectivity index (χ0) is 9.42. The molecule has 2 nitrogen and oxygen atoms in total. The van der Waals surface area contributed by atoms with Gasteiger partial charge in [-0.25, -0.2) is 4.39 Å². The summed E-state index contributed by atoms with van der Waals surface area (Å²) in [5, 5.41) is 9.80. The molecule has 0 radical (unpaired) electrons. The van der Waals surface area contributed by atoms with E-state index < -0.39 is 0 Å². The molecule has 2 rings (SSSR count). The molecular formula is C9H7BrFNO. The molecule has 0 aliphatic carbocycles. The van der Waals surface area contributed by atoms with E-state index in [-0.39, 0.29) is 12.4 Å². The largest absolute Gasteiger partial charge is 0.392 e. The smallest absolute Gasteiger partial charge is 0.139 e. The van der Waals surface area contributed by atoms with Gasteiger partial charge in [0, 0.05) is 17.1 Å². The van der Waals surface area contributed by atoms with E-state index in [1.807, 2.05) is 0 Å². The normalized spacial score (nSPS) is 11.0. The summed E-state index contributed by atoms with van der Waals surface area (Å²) in [5.41, 5.74) is 1.46. The van der Waals surface area contributed by atoms with Crippen LogP contribution in [0.4, 0.5) is 4.39 Å². The predicted octanol–water partition coefficient (Wildman–Crippen LogP) is 2.56. The lowest BCUT2D eigenvalue weighted by molar-refractivity contribution is 0.283. The molecule has 0 unspecified atom stereocenters. The van der Waals surface area contributed by atoms with Crippen LogP contribution in [-0.2, 0) is 6.61 Å². The van der Waals surface area contributed by atoms with Crippen molar-refractivity contribution < 1.29 is 9.50 Å². The number of halogens is 2. The van der Waals surface area contributed by atoms with Gasteiger partial charge in [0.05, 0.1) is 16.6 Å². The van der Waals surface area contributed by atoms with E-state index in [4.69, 9.17) is 5.11 Å². The molecule has 0 fully saturated rings. The Kier molecular flexibility index (Phi) is 2.09. The van der Waals surface area contributed by atoms with Gasteiger partial charge in [-0.15, -0.1) is 0 Å². The number of aromatic amines is 1. The Hall–Kier alpha value is -0.870. The number of H-pyrrole nitrogens is 1. The van der Waals surface area contributed by atoms with Crippen molar-refractivity contribution in [3.63, 3.8) is 0 Å². The van der Waals surface area contributed by atoms with Crippen LogP contribution in [0.15, 0.2) is 22.8 Å². The molecule has 1 aromatic carbocycles. The summed E-state index contributed by atoms with van der Waals surface area (Å²) >= 11 is 3.14. The van der Waals surface area contributed by atoms with Crippen molar-refractivity contribution >= 4 is 26.8 Å². The van der Waals surface area contributed by atoms with E-state index in [1.165, 1.54) is 6.07 Å². The first-order valence-electron chi connectivity index (χ1n) is 3.79. The van der Waals surface area contributed by atoms with Crippen LogP contribution in [0.3, 0.4) is 0 Å². The number of aliphatic hydroxyl groups excluding tert-OH is 1. The molecule has 0 saturated carbocycles. The quantitative estimate of drug-likeness (QED) is 0.794. The molecule has 13 heavy (non-hydrogen) atoms. The second kappa shape index (κ2) is 3.12. The Morgan fingerprint density at radius 1 is 1.46 bits per heavy atom. The van der Waals surface area contributed by atoms with Gasteiger partial charge in [-0.2, -0.15) is 0 Å². The van der Waals surface area contributed by atoms with Crippen LogP contribution in [0, 0.1) is 5.82 Å². The van der Waals surface area contributed by atoms with Gasteiger partial charge >= 0.3 is 0 Å². The van der Waals surface area contributed by atoms with E-state index in [2.05, 4.69) is 20.9 Å². The number of fused-ring (bicyclic) bond motifs is 1. The van der Waals surface area contributed by atoms with Crippen LogP contribution in [0.5, 0.6) is 0 Å². The van der Waals surface area contributed by atoms with E-state index in [9.17, 15) is 4.39 Å². The summed E-state index contributed by atoms with van der Waals surface area (Å²) in [4.78, 5) is 2.90. The molecule has 0 aliphatic rings. The third-order valence-electron chi connectivity index (χ3n) is 2.00. The lowest BCUT2D eigenvalue weighted by Crippen LogP contribution is -1.81. The molecule has 1 aromatic heterocycles. The number of aliphatic hydroxyl groups is 1. The number of benzene rings is 1. The Balaban J connectivity index is 2.81. The molecule has 0 bridgehead atoms. The van der Waals surface area contributed by atoms with Gasteiger partial charge in [0.15, 0.2) is 0 Å². The third-order valence-corrected chi connectivity index (χ3v) is 2.78. The topological polar surface area (TPSA) is 36.0 Å². The maximum absolute atomic E-state index is 13.0. The fourth-order valence-corrected chi connectivity index (χ4v) is 1.79. The second-order valence-corrected chi connectivity index (χ2v) is 3.55.